The largest absolute Gasteiger partial charge is 0.461 e. The monoisotopic (exact) mass is 328 g/mol. The van der Waals surface area contributed by atoms with Crippen molar-refractivity contribution in [2.24, 2.45) is 0 Å². The molecule has 0 fully saturated rings. The van der Waals surface area contributed by atoms with Crippen LogP contribution in [0.5, 0.6) is 0 Å². The van der Waals surface area contributed by atoms with Crippen molar-refractivity contribution >= 4 is 15.8 Å². The molecule has 0 amide bonds. The van der Waals surface area contributed by atoms with E-state index < -0.39 is 15.8 Å². The van der Waals surface area contributed by atoms with E-state index in [4.69, 9.17) is 11.2 Å². The first-order valence-corrected chi connectivity index (χ1v) is 8.65. The van der Waals surface area contributed by atoms with Gasteiger partial charge in [-0.15, -0.1) is 12.3 Å². The molecular formula is C18H16O4S. The lowest BCUT2D eigenvalue weighted by molar-refractivity contribution is 0.0513. The lowest BCUT2D eigenvalue weighted by Crippen LogP contribution is -2.08. The third kappa shape index (κ3) is 4.70. The third-order valence-electron chi connectivity index (χ3n) is 3.10. The van der Waals surface area contributed by atoms with Gasteiger partial charge in [0.05, 0.1) is 16.2 Å². The van der Waals surface area contributed by atoms with Gasteiger partial charge in [-0.1, -0.05) is 30.3 Å². The Morgan fingerprint density at radius 1 is 1.09 bits per heavy atom. The molecule has 0 aliphatic carbocycles. The zero-order valence-corrected chi connectivity index (χ0v) is 13.3. The molecule has 0 bridgehead atoms. The average Bonchev–Trinajstić information content (AvgIpc) is 2.55. The van der Waals surface area contributed by atoms with Crippen LogP contribution >= 0.6 is 0 Å². The zero-order chi connectivity index (χ0) is 16.7. The van der Waals surface area contributed by atoms with Crippen LogP contribution in [0.3, 0.4) is 0 Å². The molecule has 0 spiro atoms. The second kappa shape index (κ2) is 7.61. The summed E-state index contributed by atoms with van der Waals surface area (Å²) in [5, 5.41) is 0. The molecule has 0 saturated heterocycles. The van der Waals surface area contributed by atoms with Crippen LogP contribution < -0.4 is 0 Å². The highest BCUT2D eigenvalue weighted by Crippen LogP contribution is 2.17. The number of hydrogen-bond acceptors (Lipinski definition) is 4. The van der Waals surface area contributed by atoms with Gasteiger partial charge < -0.3 is 4.74 Å². The number of carbonyl (C=O) groups is 1. The van der Waals surface area contributed by atoms with E-state index in [-0.39, 0.29) is 17.3 Å². The van der Waals surface area contributed by atoms with Crippen molar-refractivity contribution in [1.29, 1.82) is 0 Å². The molecule has 0 aliphatic rings. The molecule has 0 aliphatic heterocycles. The topological polar surface area (TPSA) is 60.4 Å². The van der Waals surface area contributed by atoms with Crippen molar-refractivity contribution in [1.82, 2.24) is 0 Å². The van der Waals surface area contributed by atoms with Crippen molar-refractivity contribution in [2.45, 2.75) is 17.1 Å². The van der Waals surface area contributed by atoms with Gasteiger partial charge in [0.25, 0.3) is 0 Å². The van der Waals surface area contributed by atoms with Gasteiger partial charge in [0, 0.05) is 6.42 Å². The van der Waals surface area contributed by atoms with Crippen LogP contribution in [0.2, 0.25) is 0 Å². The summed E-state index contributed by atoms with van der Waals surface area (Å²) in [6.45, 7) is 0.141. The molecule has 0 unspecified atom stereocenters. The number of sulfone groups is 1. The van der Waals surface area contributed by atoms with Gasteiger partial charge in [-0.25, -0.2) is 13.2 Å². The fraction of sp³-hybridized carbons (Fsp3) is 0.167. The lowest BCUT2D eigenvalue weighted by Gasteiger charge is -2.07. The molecule has 2 aromatic rings. The fourth-order valence-electron chi connectivity index (χ4n) is 2.00. The van der Waals surface area contributed by atoms with E-state index in [1.165, 1.54) is 6.07 Å². The Bertz CT molecular complexity index is 818. The molecule has 4 nitrogen and oxygen atoms in total. The SMILES string of the molecule is C#CCCOC(=O)c1cccc(CS(=O)(=O)c2ccccc2)c1. The van der Waals surface area contributed by atoms with Gasteiger partial charge in [-0.3, -0.25) is 0 Å². The van der Waals surface area contributed by atoms with Gasteiger partial charge >= 0.3 is 5.97 Å². The Balaban J connectivity index is 2.14. The number of rotatable bonds is 6. The maximum atomic E-state index is 12.4. The van der Waals surface area contributed by atoms with Crippen LogP contribution in [-0.4, -0.2) is 21.0 Å². The van der Waals surface area contributed by atoms with Crippen molar-refractivity contribution in [3.8, 4) is 12.3 Å². The molecule has 23 heavy (non-hydrogen) atoms. The van der Waals surface area contributed by atoms with Crippen molar-refractivity contribution < 1.29 is 17.9 Å². The summed E-state index contributed by atoms with van der Waals surface area (Å²) in [6.07, 6.45) is 5.44. The van der Waals surface area contributed by atoms with Gasteiger partial charge in [-0.2, -0.15) is 0 Å². The minimum Gasteiger partial charge on any atom is -0.461 e. The highest BCUT2D eigenvalue weighted by atomic mass is 32.2. The van der Waals surface area contributed by atoms with E-state index >= 15 is 0 Å². The summed E-state index contributed by atoms with van der Waals surface area (Å²) < 4.78 is 29.7. The molecule has 2 aromatic carbocycles. The first kappa shape index (κ1) is 16.8. The van der Waals surface area contributed by atoms with E-state index in [1.807, 2.05) is 0 Å². The highest BCUT2D eigenvalue weighted by molar-refractivity contribution is 7.90. The summed E-state index contributed by atoms with van der Waals surface area (Å²) in [6, 6.07) is 14.6. The van der Waals surface area contributed by atoms with Crippen LogP contribution in [0.1, 0.15) is 22.3 Å². The molecule has 0 saturated carbocycles. The summed E-state index contributed by atoms with van der Waals surface area (Å²) in [5.74, 6) is 1.69. The predicted octanol–water partition coefficient (Wildman–Crippen LogP) is 2.84. The summed E-state index contributed by atoms with van der Waals surface area (Å²) in [4.78, 5) is 12.1. The first-order valence-electron chi connectivity index (χ1n) is 7.00. The molecule has 0 heterocycles. The summed E-state index contributed by atoms with van der Waals surface area (Å²) in [7, 11) is -3.46. The molecule has 0 radical (unpaired) electrons. The first-order chi connectivity index (χ1) is 11.0. The van der Waals surface area contributed by atoms with Gasteiger partial charge in [0.15, 0.2) is 9.84 Å². The second-order valence-corrected chi connectivity index (χ2v) is 6.85. The fourth-order valence-corrected chi connectivity index (χ4v) is 3.36. The maximum absolute atomic E-state index is 12.4. The van der Waals surface area contributed by atoms with E-state index in [1.54, 1.807) is 48.5 Å². The van der Waals surface area contributed by atoms with Crippen molar-refractivity contribution in [3.05, 3.63) is 65.7 Å². The smallest absolute Gasteiger partial charge is 0.338 e. The number of terminal acetylenes is 1. The molecular weight excluding hydrogens is 312 g/mol. The lowest BCUT2D eigenvalue weighted by atomic mass is 10.1. The molecule has 2 rings (SSSR count). The molecule has 0 N–H and O–H groups in total. The number of ether oxygens (including phenoxy) is 1. The van der Waals surface area contributed by atoms with Crippen molar-refractivity contribution in [2.75, 3.05) is 6.61 Å². The van der Waals surface area contributed by atoms with Crippen molar-refractivity contribution in [3.63, 3.8) is 0 Å². The minimum absolute atomic E-state index is 0.141. The zero-order valence-electron chi connectivity index (χ0n) is 12.4. The highest BCUT2D eigenvalue weighted by Gasteiger charge is 2.16. The number of benzene rings is 2. The predicted molar refractivity (Wildman–Crippen MR) is 87.5 cm³/mol. The van der Waals surface area contributed by atoms with Gasteiger partial charge in [-0.05, 0) is 29.8 Å². The van der Waals surface area contributed by atoms with Gasteiger partial charge in [0.2, 0.25) is 0 Å². The number of carbonyl (C=O) groups excluding carboxylic acids is 1. The van der Waals surface area contributed by atoms with E-state index in [2.05, 4.69) is 5.92 Å². The van der Waals surface area contributed by atoms with Gasteiger partial charge in [0.1, 0.15) is 6.61 Å². The summed E-state index contributed by atoms with van der Waals surface area (Å²) in [5.41, 5.74) is 0.836. The van der Waals surface area contributed by atoms with Crippen LogP contribution in [-0.2, 0) is 20.3 Å². The third-order valence-corrected chi connectivity index (χ3v) is 4.81. The second-order valence-electron chi connectivity index (χ2n) is 4.86. The Kier molecular flexibility index (Phi) is 5.56. The van der Waals surface area contributed by atoms with Crippen LogP contribution in [0.4, 0.5) is 0 Å². The minimum atomic E-state index is -3.46. The Labute approximate surface area is 136 Å². The standard InChI is InChI=1S/C18H16O4S/c1-2-3-12-22-18(19)16-9-7-8-15(13-16)14-23(20,21)17-10-5-4-6-11-17/h1,4-11,13H,3,12,14H2. The van der Waals surface area contributed by atoms with E-state index in [0.29, 0.717) is 17.5 Å². The normalized spacial score (nSPS) is 10.7. The molecule has 0 aromatic heterocycles. The van der Waals surface area contributed by atoms with Crippen LogP contribution in [0, 0.1) is 12.3 Å². The quantitative estimate of drug-likeness (QED) is 0.465. The number of esters is 1. The molecule has 5 heteroatoms. The van der Waals surface area contributed by atoms with E-state index in [0.717, 1.165) is 0 Å². The van der Waals surface area contributed by atoms with Crippen LogP contribution in [0.15, 0.2) is 59.5 Å². The molecule has 0 atom stereocenters. The maximum Gasteiger partial charge on any atom is 0.338 e. The van der Waals surface area contributed by atoms with E-state index in [9.17, 15) is 13.2 Å². The molecule has 118 valence electrons. The summed E-state index contributed by atoms with van der Waals surface area (Å²) >= 11 is 0. The Hall–Kier alpha value is -2.58. The Morgan fingerprint density at radius 3 is 2.52 bits per heavy atom. The average molecular weight is 328 g/mol. The number of hydrogen-bond donors (Lipinski definition) is 0. The Morgan fingerprint density at radius 2 is 1.83 bits per heavy atom. The van der Waals surface area contributed by atoms with Crippen LogP contribution in [0.25, 0.3) is 0 Å².